The largest absolute Gasteiger partial charge is 0.398 e. The van der Waals surface area contributed by atoms with Gasteiger partial charge in [0.1, 0.15) is 5.82 Å². The quantitative estimate of drug-likeness (QED) is 0.732. The minimum atomic E-state index is -0.387. The van der Waals surface area contributed by atoms with Gasteiger partial charge in [0.25, 0.3) is 0 Å². The number of rotatable bonds is 2. The number of nitrogens with two attached hydrogens (primary N) is 1. The average Bonchev–Trinajstić information content (AvgIpc) is 2.15. The lowest BCUT2D eigenvalue weighted by molar-refractivity contribution is 0.598. The lowest BCUT2D eigenvalue weighted by atomic mass is 9.95. The van der Waals surface area contributed by atoms with E-state index in [9.17, 15) is 4.39 Å². The summed E-state index contributed by atoms with van der Waals surface area (Å²) in [7, 11) is 0. The third-order valence-corrected chi connectivity index (χ3v) is 2.32. The molecule has 0 bridgehead atoms. The highest BCUT2D eigenvalue weighted by Gasteiger charge is 2.14. The lowest BCUT2D eigenvalue weighted by Crippen LogP contribution is -2.01. The molecule has 74 valence electrons. The summed E-state index contributed by atoms with van der Waals surface area (Å²) in [5.41, 5.74) is 7.24. The SMILES string of the molecule is CCC(C#N)c1cc(C)c(N)cc1F. The number of anilines is 1. The number of hydrogen-bond acceptors (Lipinski definition) is 2. The van der Waals surface area contributed by atoms with E-state index < -0.39 is 0 Å². The van der Waals surface area contributed by atoms with Gasteiger partial charge in [0.15, 0.2) is 0 Å². The maximum Gasteiger partial charge on any atom is 0.129 e. The first-order chi connectivity index (χ1) is 6.60. The molecule has 1 rings (SSSR count). The Bertz CT molecular complexity index is 380. The molecule has 0 heterocycles. The summed E-state index contributed by atoms with van der Waals surface area (Å²) in [5.74, 6) is -0.768. The predicted octanol–water partition coefficient (Wildman–Crippen LogP) is 2.73. The van der Waals surface area contributed by atoms with E-state index in [0.717, 1.165) is 5.56 Å². The van der Waals surface area contributed by atoms with Crippen LogP contribution in [0.4, 0.5) is 10.1 Å². The van der Waals surface area contributed by atoms with Gasteiger partial charge in [0, 0.05) is 11.3 Å². The molecule has 1 aromatic carbocycles. The molecule has 0 aliphatic rings. The van der Waals surface area contributed by atoms with Crippen LogP contribution in [0, 0.1) is 24.1 Å². The molecule has 1 unspecified atom stereocenters. The minimum Gasteiger partial charge on any atom is -0.398 e. The van der Waals surface area contributed by atoms with Crippen molar-refractivity contribution in [1.82, 2.24) is 0 Å². The number of nitrogens with zero attached hydrogens (tertiary/aromatic N) is 1. The van der Waals surface area contributed by atoms with Crippen LogP contribution in [-0.4, -0.2) is 0 Å². The Morgan fingerprint density at radius 1 is 1.57 bits per heavy atom. The van der Waals surface area contributed by atoms with Gasteiger partial charge in [-0.3, -0.25) is 0 Å². The van der Waals surface area contributed by atoms with Crippen LogP contribution in [-0.2, 0) is 0 Å². The van der Waals surface area contributed by atoms with Gasteiger partial charge >= 0.3 is 0 Å². The van der Waals surface area contributed by atoms with Crippen LogP contribution in [0.1, 0.15) is 30.4 Å². The Hall–Kier alpha value is -1.56. The van der Waals surface area contributed by atoms with Gasteiger partial charge in [-0.1, -0.05) is 6.92 Å². The van der Waals surface area contributed by atoms with E-state index in [1.807, 2.05) is 13.8 Å². The Kier molecular flexibility index (Phi) is 3.08. The highest BCUT2D eigenvalue weighted by atomic mass is 19.1. The highest BCUT2D eigenvalue weighted by molar-refractivity contribution is 5.49. The molecule has 1 aromatic rings. The van der Waals surface area contributed by atoms with Gasteiger partial charge < -0.3 is 5.73 Å². The molecule has 0 amide bonds. The molecule has 3 heteroatoms. The molecule has 1 atom stereocenters. The number of nitriles is 1. The van der Waals surface area contributed by atoms with Crippen molar-refractivity contribution in [1.29, 1.82) is 5.26 Å². The van der Waals surface area contributed by atoms with Crippen LogP contribution in [0.25, 0.3) is 0 Å². The molecule has 0 saturated carbocycles. The summed E-state index contributed by atoms with van der Waals surface area (Å²) in [6.07, 6.45) is 0.608. The van der Waals surface area contributed by atoms with Crippen LogP contribution >= 0.6 is 0 Å². The Morgan fingerprint density at radius 2 is 2.21 bits per heavy atom. The van der Waals surface area contributed by atoms with Crippen LogP contribution in [0.3, 0.4) is 0 Å². The number of halogens is 1. The van der Waals surface area contributed by atoms with Gasteiger partial charge in [-0.05, 0) is 31.0 Å². The van der Waals surface area contributed by atoms with Crippen molar-refractivity contribution in [3.8, 4) is 6.07 Å². The maximum absolute atomic E-state index is 13.4. The van der Waals surface area contributed by atoms with Crippen molar-refractivity contribution < 1.29 is 4.39 Å². The van der Waals surface area contributed by atoms with Gasteiger partial charge in [0.2, 0.25) is 0 Å². The van der Waals surface area contributed by atoms with Crippen LogP contribution in [0.5, 0.6) is 0 Å². The number of nitrogen functional groups attached to an aromatic ring is 1. The van der Waals surface area contributed by atoms with Crippen molar-refractivity contribution in [3.63, 3.8) is 0 Å². The topological polar surface area (TPSA) is 49.8 Å². The standard InChI is InChI=1S/C11H13FN2/c1-3-8(6-13)9-4-7(2)11(14)5-10(9)12/h4-5,8H,3,14H2,1-2H3. The molecule has 0 aliphatic carbocycles. The van der Waals surface area contributed by atoms with E-state index in [0.29, 0.717) is 17.7 Å². The monoisotopic (exact) mass is 192 g/mol. The molecule has 0 saturated heterocycles. The normalized spacial score (nSPS) is 12.1. The molecule has 0 aliphatic heterocycles. The van der Waals surface area contributed by atoms with Crippen LogP contribution in [0.15, 0.2) is 12.1 Å². The van der Waals surface area contributed by atoms with Crippen molar-refractivity contribution in [3.05, 3.63) is 29.1 Å². The zero-order chi connectivity index (χ0) is 10.7. The van der Waals surface area contributed by atoms with E-state index in [1.54, 1.807) is 6.07 Å². The number of aryl methyl sites for hydroxylation is 1. The van der Waals surface area contributed by atoms with E-state index in [1.165, 1.54) is 6.07 Å². The fourth-order valence-electron chi connectivity index (χ4n) is 1.37. The second-order valence-electron chi connectivity index (χ2n) is 3.32. The van der Waals surface area contributed by atoms with Crippen molar-refractivity contribution in [2.75, 3.05) is 5.73 Å². The molecule has 0 radical (unpaired) electrons. The molecule has 0 aromatic heterocycles. The summed E-state index contributed by atoms with van der Waals surface area (Å²) < 4.78 is 13.4. The highest BCUT2D eigenvalue weighted by Crippen LogP contribution is 2.25. The summed E-state index contributed by atoms with van der Waals surface area (Å²) in [4.78, 5) is 0. The zero-order valence-corrected chi connectivity index (χ0v) is 8.34. The smallest absolute Gasteiger partial charge is 0.129 e. The maximum atomic E-state index is 13.4. The van der Waals surface area contributed by atoms with Gasteiger partial charge in [-0.15, -0.1) is 0 Å². The molecular formula is C11H13FN2. The molecule has 14 heavy (non-hydrogen) atoms. The first-order valence-corrected chi connectivity index (χ1v) is 4.55. The Morgan fingerprint density at radius 3 is 2.71 bits per heavy atom. The minimum absolute atomic E-state index is 0.380. The van der Waals surface area contributed by atoms with Crippen molar-refractivity contribution in [2.24, 2.45) is 0 Å². The van der Waals surface area contributed by atoms with Gasteiger partial charge in [0.05, 0.1) is 12.0 Å². The molecule has 2 nitrogen and oxygen atoms in total. The van der Waals surface area contributed by atoms with E-state index >= 15 is 0 Å². The number of benzene rings is 1. The third-order valence-electron chi connectivity index (χ3n) is 2.32. The second-order valence-corrected chi connectivity index (χ2v) is 3.32. The molecular weight excluding hydrogens is 179 g/mol. The summed E-state index contributed by atoms with van der Waals surface area (Å²) in [6, 6.07) is 5.01. The van der Waals surface area contributed by atoms with Gasteiger partial charge in [-0.25, -0.2) is 4.39 Å². The summed E-state index contributed by atoms with van der Waals surface area (Å²) >= 11 is 0. The number of hydrogen-bond donors (Lipinski definition) is 1. The zero-order valence-electron chi connectivity index (χ0n) is 8.34. The molecule has 0 fully saturated rings. The average molecular weight is 192 g/mol. The predicted molar refractivity (Wildman–Crippen MR) is 54.2 cm³/mol. The van der Waals surface area contributed by atoms with E-state index in [2.05, 4.69) is 6.07 Å². The Labute approximate surface area is 83.2 Å². The first kappa shape index (κ1) is 10.5. The van der Waals surface area contributed by atoms with Crippen molar-refractivity contribution in [2.45, 2.75) is 26.2 Å². The van der Waals surface area contributed by atoms with E-state index in [4.69, 9.17) is 11.0 Å². The molecule has 0 spiro atoms. The Balaban J connectivity index is 3.22. The summed E-state index contributed by atoms with van der Waals surface area (Å²) in [6.45, 7) is 3.67. The fraction of sp³-hybridized carbons (Fsp3) is 0.364. The second kappa shape index (κ2) is 4.10. The lowest BCUT2D eigenvalue weighted by Gasteiger charge is -2.10. The van der Waals surface area contributed by atoms with Crippen LogP contribution < -0.4 is 5.73 Å². The third kappa shape index (κ3) is 1.85. The summed E-state index contributed by atoms with van der Waals surface area (Å²) in [5, 5.41) is 8.82. The fourth-order valence-corrected chi connectivity index (χ4v) is 1.37. The first-order valence-electron chi connectivity index (χ1n) is 4.55. The van der Waals surface area contributed by atoms with Crippen LogP contribution in [0.2, 0.25) is 0 Å². The van der Waals surface area contributed by atoms with Crippen molar-refractivity contribution >= 4 is 5.69 Å². The molecule has 2 N–H and O–H groups in total. The van der Waals surface area contributed by atoms with E-state index in [-0.39, 0.29) is 11.7 Å². The van der Waals surface area contributed by atoms with Gasteiger partial charge in [-0.2, -0.15) is 5.26 Å².